The summed E-state index contributed by atoms with van der Waals surface area (Å²) in [5.74, 6) is 1.32. The molecule has 1 aliphatic carbocycles. The lowest BCUT2D eigenvalue weighted by atomic mass is 9.93. The summed E-state index contributed by atoms with van der Waals surface area (Å²) in [6.45, 7) is 1.95. The van der Waals surface area contributed by atoms with E-state index in [1.807, 2.05) is 36.1 Å². The second-order valence-corrected chi connectivity index (χ2v) is 6.67. The molecule has 0 bridgehead atoms. The van der Waals surface area contributed by atoms with Crippen molar-refractivity contribution in [3.8, 4) is 0 Å². The maximum Gasteiger partial charge on any atom is 0.223 e. The molecule has 0 radical (unpaired) electrons. The second kappa shape index (κ2) is 6.65. The number of carbonyl (C=O) groups is 1. The quantitative estimate of drug-likeness (QED) is 0.845. The average Bonchev–Trinajstić information content (AvgIpc) is 3.05. The predicted octanol–water partition coefficient (Wildman–Crippen LogP) is 1.89. The molecule has 0 unspecified atom stereocenters. The molecule has 1 aliphatic heterocycles. The van der Waals surface area contributed by atoms with Crippen LogP contribution in [0, 0.1) is 11.8 Å². The van der Waals surface area contributed by atoms with E-state index in [4.69, 9.17) is 0 Å². The molecule has 5 nitrogen and oxygen atoms in total. The molecule has 22 heavy (non-hydrogen) atoms. The first kappa shape index (κ1) is 15.3. The Morgan fingerprint density at radius 2 is 2.18 bits per heavy atom. The Balaban J connectivity index is 1.58. The van der Waals surface area contributed by atoms with Crippen molar-refractivity contribution in [2.45, 2.75) is 31.7 Å². The van der Waals surface area contributed by atoms with Crippen LogP contribution in [-0.2, 0) is 11.8 Å². The van der Waals surface area contributed by atoms with Crippen LogP contribution in [0.3, 0.4) is 0 Å². The minimum atomic E-state index is 0.153. The molecule has 1 N–H and O–H groups in total. The monoisotopic (exact) mass is 302 g/mol. The van der Waals surface area contributed by atoms with E-state index in [0.717, 1.165) is 24.6 Å². The Labute approximate surface area is 132 Å². The van der Waals surface area contributed by atoms with Crippen LogP contribution in [0.15, 0.2) is 24.5 Å². The standard InChI is InChI=1S/C17H26N4O/c1-20-12-15(11-19-20)17-14(8-16(22)21(17)2)10-18-9-13-6-4-3-5-7-13/h3-4,11-14,17-18H,5-10H2,1-2H3/t13-,14-,17+/m0/s1. The zero-order chi connectivity index (χ0) is 15.5. The van der Waals surface area contributed by atoms with E-state index in [2.05, 4.69) is 22.6 Å². The van der Waals surface area contributed by atoms with Crippen molar-refractivity contribution in [1.82, 2.24) is 20.0 Å². The molecule has 3 atom stereocenters. The lowest BCUT2D eigenvalue weighted by Gasteiger charge is -2.25. The van der Waals surface area contributed by atoms with Crippen molar-refractivity contribution in [2.75, 3.05) is 20.1 Å². The molecule has 1 aromatic rings. The molecule has 1 saturated heterocycles. The van der Waals surface area contributed by atoms with Gasteiger partial charge in [0.15, 0.2) is 0 Å². The van der Waals surface area contributed by atoms with Gasteiger partial charge in [-0.3, -0.25) is 9.48 Å². The van der Waals surface area contributed by atoms with E-state index in [1.54, 1.807) is 0 Å². The van der Waals surface area contributed by atoms with Crippen LogP contribution in [0.2, 0.25) is 0 Å². The van der Waals surface area contributed by atoms with E-state index in [0.29, 0.717) is 12.3 Å². The van der Waals surface area contributed by atoms with Gasteiger partial charge in [0.2, 0.25) is 5.91 Å². The van der Waals surface area contributed by atoms with Crippen LogP contribution in [0.1, 0.15) is 37.3 Å². The van der Waals surface area contributed by atoms with E-state index in [-0.39, 0.29) is 11.9 Å². The third kappa shape index (κ3) is 3.24. The number of amides is 1. The average molecular weight is 302 g/mol. The molecule has 5 heteroatoms. The van der Waals surface area contributed by atoms with Crippen molar-refractivity contribution in [3.05, 3.63) is 30.1 Å². The topological polar surface area (TPSA) is 50.2 Å². The third-order valence-corrected chi connectivity index (χ3v) is 4.98. The Kier molecular flexibility index (Phi) is 4.62. The van der Waals surface area contributed by atoms with Crippen LogP contribution in [0.5, 0.6) is 0 Å². The molecule has 1 fully saturated rings. The second-order valence-electron chi connectivity index (χ2n) is 6.67. The van der Waals surface area contributed by atoms with Gasteiger partial charge in [0.1, 0.15) is 0 Å². The molecule has 0 aromatic carbocycles. The summed E-state index contributed by atoms with van der Waals surface area (Å²) in [6, 6.07) is 0.153. The molecular formula is C17H26N4O. The van der Waals surface area contributed by atoms with Gasteiger partial charge in [-0.25, -0.2) is 0 Å². The molecule has 120 valence electrons. The minimum Gasteiger partial charge on any atom is -0.338 e. The van der Waals surface area contributed by atoms with E-state index >= 15 is 0 Å². The number of nitrogens with zero attached hydrogens (tertiary/aromatic N) is 3. The van der Waals surface area contributed by atoms with E-state index < -0.39 is 0 Å². The van der Waals surface area contributed by atoms with Gasteiger partial charge in [0.25, 0.3) is 0 Å². The highest BCUT2D eigenvalue weighted by Crippen LogP contribution is 2.36. The molecule has 1 amide bonds. The van der Waals surface area contributed by atoms with E-state index in [1.165, 1.54) is 19.3 Å². The number of allylic oxidation sites excluding steroid dienone is 2. The van der Waals surface area contributed by atoms with Crippen LogP contribution >= 0.6 is 0 Å². The fourth-order valence-electron chi connectivity index (χ4n) is 3.74. The summed E-state index contributed by atoms with van der Waals surface area (Å²) in [4.78, 5) is 14.0. The Bertz CT molecular complexity index is 551. The first-order valence-corrected chi connectivity index (χ1v) is 8.25. The fourth-order valence-corrected chi connectivity index (χ4v) is 3.74. The smallest absolute Gasteiger partial charge is 0.223 e. The highest BCUT2D eigenvalue weighted by atomic mass is 16.2. The van der Waals surface area contributed by atoms with Crippen molar-refractivity contribution >= 4 is 5.91 Å². The Morgan fingerprint density at radius 1 is 1.32 bits per heavy atom. The number of hydrogen-bond acceptors (Lipinski definition) is 3. The number of likely N-dealkylation sites (tertiary alicyclic amines) is 1. The number of aromatic nitrogens is 2. The summed E-state index contributed by atoms with van der Waals surface area (Å²) < 4.78 is 1.81. The summed E-state index contributed by atoms with van der Waals surface area (Å²) >= 11 is 0. The van der Waals surface area contributed by atoms with Gasteiger partial charge in [0, 0.05) is 44.7 Å². The van der Waals surface area contributed by atoms with Crippen molar-refractivity contribution in [2.24, 2.45) is 18.9 Å². The highest BCUT2D eigenvalue weighted by Gasteiger charge is 2.38. The molecule has 2 heterocycles. The predicted molar refractivity (Wildman–Crippen MR) is 86.2 cm³/mol. The molecular weight excluding hydrogens is 276 g/mol. The zero-order valence-electron chi connectivity index (χ0n) is 13.5. The van der Waals surface area contributed by atoms with Gasteiger partial charge in [-0.2, -0.15) is 5.10 Å². The van der Waals surface area contributed by atoms with Crippen molar-refractivity contribution < 1.29 is 4.79 Å². The zero-order valence-corrected chi connectivity index (χ0v) is 13.5. The minimum absolute atomic E-state index is 0.153. The van der Waals surface area contributed by atoms with Gasteiger partial charge < -0.3 is 10.2 Å². The number of carbonyl (C=O) groups excluding carboxylic acids is 1. The van der Waals surface area contributed by atoms with Crippen molar-refractivity contribution in [3.63, 3.8) is 0 Å². The Hall–Kier alpha value is -1.62. The number of aryl methyl sites for hydroxylation is 1. The summed E-state index contributed by atoms with van der Waals surface area (Å²) in [7, 11) is 3.83. The summed E-state index contributed by atoms with van der Waals surface area (Å²) in [5.41, 5.74) is 1.14. The molecule has 0 spiro atoms. The van der Waals surface area contributed by atoms with Gasteiger partial charge in [-0.1, -0.05) is 12.2 Å². The fraction of sp³-hybridized carbons (Fsp3) is 0.647. The van der Waals surface area contributed by atoms with Crippen LogP contribution < -0.4 is 5.32 Å². The van der Waals surface area contributed by atoms with Crippen LogP contribution in [-0.4, -0.2) is 40.7 Å². The first-order valence-electron chi connectivity index (χ1n) is 8.25. The molecule has 0 saturated carbocycles. The van der Waals surface area contributed by atoms with Crippen LogP contribution in [0.4, 0.5) is 0 Å². The molecule has 3 rings (SSSR count). The van der Waals surface area contributed by atoms with Crippen molar-refractivity contribution in [1.29, 1.82) is 0 Å². The first-order chi connectivity index (χ1) is 10.6. The van der Waals surface area contributed by atoms with Crippen LogP contribution in [0.25, 0.3) is 0 Å². The molecule has 1 aromatic heterocycles. The summed E-state index contributed by atoms with van der Waals surface area (Å²) in [5, 5.41) is 7.86. The Morgan fingerprint density at radius 3 is 2.86 bits per heavy atom. The maximum atomic E-state index is 12.1. The third-order valence-electron chi connectivity index (χ3n) is 4.98. The largest absolute Gasteiger partial charge is 0.338 e. The van der Waals surface area contributed by atoms with Gasteiger partial charge in [0.05, 0.1) is 12.2 Å². The normalized spacial score (nSPS) is 28.5. The maximum absolute atomic E-state index is 12.1. The lowest BCUT2D eigenvalue weighted by molar-refractivity contribution is -0.127. The number of rotatable bonds is 5. The number of nitrogens with one attached hydrogen (secondary N) is 1. The number of hydrogen-bond donors (Lipinski definition) is 1. The summed E-state index contributed by atoms with van der Waals surface area (Å²) in [6.07, 6.45) is 12.8. The van der Waals surface area contributed by atoms with E-state index in [9.17, 15) is 4.79 Å². The SMILES string of the molecule is CN1C(=O)C[C@@H](CNC[C@H]2CC=CCC2)[C@@H]1c1cnn(C)c1. The van der Waals surface area contributed by atoms with Gasteiger partial charge >= 0.3 is 0 Å². The highest BCUT2D eigenvalue weighted by molar-refractivity contribution is 5.79. The molecule has 2 aliphatic rings. The lowest BCUT2D eigenvalue weighted by Crippen LogP contribution is -2.31. The van der Waals surface area contributed by atoms with Gasteiger partial charge in [-0.05, 0) is 31.7 Å². The van der Waals surface area contributed by atoms with Gasteiger partial charge in [-0.15, -0.1) is 0 Å².